The van der Waals surface area contributed by atoms with E-state index in [1.165, 1.54) is 31.7 Å². The molecule has 0 aromatic heterocycles. The first kappa shape index (κ1) is 14.6. The van der Waals surface area contributed by atoms with Crippen molar-refractivity contribution in [3.05, 3.63) is 29.6 Å². The number of rotatable bonds is 6. The number of ether oxygens (including phenoxy) is 1. The van der Waals surface area contributed by atoms with E-state index in [-0.39, 0.29) is 5.82 Å². The molecule has 1 N–H and O–H groups in total. The van der Waals surface area contributed by atoms with Crippen LogP contribution in [0.5, 0.6) is 5.75 Å². The van der Waals surface area contributed by atoms with Gasteiger partial charge in [0.1, 0.15) is 0 Å². The molecule has 0 saturated carbocycles. The molecule has 1 heterocycles. The highest BCUT2D eigenvalue weighted by Gasteiger charge is 2.10. The predicted molar refractivity (Wildman–Crippen MR) is 78.4 cm³/mol. The van der Waals surface area contributed by atoms with Crippen LogP contribution < -0.4 is 10.1 Å². The van der Waals surface area contributed by atoms with Gasteiger partial charge in [0, 0.05) is 49.8 Å². The Labute approximate surface area is 118 Å². The van der Waals surface area contributed by atoms with Gasteiger partial charge in [-0.2, -0.15) is 11.8 Å². The first-order valence-electron chi connectivity index (χ1n) is 6.63. The fourth-order valence-electron chi connectivity index (χ4n) is 2.14. The van der Waals surface area contributed by atoms with Crippen molar-refractivity contribution >= 4 is 11.8 Å². The zero-order chi connectivity index (χ0) is 13.5. The molecule has 1 aromatic carbocycles. The van der Waals surface area contributed by atoms with E-state index in [0.717, 1.165) is 13.1 Å². The summed E-state index contributed by atoms with van der Waals surface area (Å²) in [5, 5.41) is 3.30. The Hall–Kier alpha value is -0.780. The minimum atomic E-state index is -0.258. The molecule has 0 aliphatic carbocycles. The van der Waals surface area contributed by atoms with Crippen LogP contribution in [0.1, 0.15) is 5.56 Å². The molecule has 2 rings (SSSR count). The summed E-state index contributed by atoms with van der Waals surface area (Å²) in [7, 11) is 1.49. The molecule has 0 atom stereocenters. The van der Waals surface area contributed by atoms with E-state index < -0.39 is 0 Å². The van der Waals surface area contributed by atoms with E-state index >= 15 is 0 Å². The highest BCUT2D eigenvalue weighted by atomic mass is 32.2. The van der Waals surface area contributed by atoms with Crippen LogP contribution in [0.25, 0.3) is 0 Å². The molecule has 1 aromatic rings. The zero-order valence-electron chi connectivity index (χ0n) is 11.3. The summed E-state index contributed by atoms with van der Waals surface area (Å²) in [5.41, 5.74) is 0.661. The van der Waals surface area contributed by atoms with E-state index in [0.29, 0.717) is 17.9 Å². The van der Waals surface area contributed by atoms with Gasteiger partial charge in [0.05, 0.1) is 7.11 Å². The fourth-order valence-corrected chi connectivity index (χ4v) is 3.11. The van der Waals surface area contributed by atoms with Gasteiger partial charge in [0.2, 0.25) is 0 Å². The van der Waals surface area contributed by atoms with Crippen LogP contribution >= 0.6 is 11.8 Å². The lowest BCUT2D eigenvalue weighted by Crippen LogP contribution is -2.37. The summed E-state index contributed by atoms with van der Waals surface area (Å²) in [5.74, 6) is 2.51. The van der Waals surface area contributed by atoms with Gasteiger partial charge in [-0.3, -0.25) is 0 Å². The van der Waals surface area contributed by atoms with Crippen LogP contribution in [0, 0.1) is 5.82 Å². The molecule has 0 bridgehead atoms. The van der Waals surface area contributed by atoms with Crippen molar-refractivity contribution < 1.29 is 9.13 Å². The zero-order valence-corrected chi connectivity index (χ0v) is 12.1. The van der Waals surface area contributed by atoms with Gasteiger partial charge in [0.25, 0.3) is 0 Å². The molecule has 19 heavy (non-hydrogen) atoms. The molecule has 0 amide bonds. The topological polar surface area (TPSA) is 24.5 Å². The monoisotopic (exact) mass is 284 g/mol. The second-order valence-electron chi connectivity index (χ2n) is 4.56. The standard InChI is InChI=1S/C14H21FN2OS/c1-18-13-4-2-3-12(14(13)15)11-16-5-6-17-7-9-19-10-8-17/h2-4,16H,5-11H2,1H3. The summed E-state index contributed by atoms with van der Waals surface area (Å²) in [6.45, 7) is 4.80. The van der Waals surface area contributed by atoms with Gasteiger partial charge in [-0.05, 0) is 6.07 Å². The first-order valence-corrected chi connectivity index (χ1v) is 7.79. The third-order valence-electron chi connectivity index (χ3n) is 3.29. The SMILES string of the molecule is COc1cccc(CNCCN2CCSCC2)c1F. The van der Waals surface area contributed by atoms with Crippen molar-refractivity contribution in [2.24, 2.45) is 0 Å². The second kappa shape index (κ2) is 7.72. The van der Waals surface area contributed by atoms with Gasteiger partial charge in [-0.25, -0.2) is 4.39 Å². The Morgan fingerprint density at radius 3 is 2.89 bits per heavy atom. The number of hydrogen-bond acceptors (Lipinski definition) is 4. The number of nitrogens with one attached hydrogen (secondary N) is 1. The summed E-state index contributed by atoms with van der Waals surface area (Å²) in [6.07, 6.45) is 0. The molecule has 1 aliphatic heterocycles. The van der Waals surface area contributed by atoms with Gasteiger partial charge in [0.15, 0.2) is 11.6 Å². The van der Waals surface area contributed by atoms with Gasteiger partial charge < -0.3 is 15.0 Å². The third-order valence-corrected chi connectivity index (χ3v) is 4.23. The van der Waals surface area contributed by atoms with Crippen LogP contribution in [-0.4, -0.2) is 49.7 Å². The molecule has 0 radical (unpaired) electrons. The lowest BCUT2D eigenvalue weighted by Gasteiger charge is -2.26. The molecule has 0 spiro atoms. The van der Waals surface area contributed by atoms with Crippen LogP contribution in [0.3, 0.4) is 0 Å². The number of methoxy groups -OCH3 is 1. The Morgan fingerprint density at radius 2 is 2.16 bits per heavy atom. The van der Waals surface area contributed by atoms with E-state index in [9.17, 15) is 4.39 Å². The largest absolute Gasteiger partial charge is 0.494 e. The maximum Gasteiger partial charge on any atom is 0.169 e. The van der Waals surface area contributed by atoms with E-state index in [1.807, 2.05) is 17.8 Å². The van der Waals surface area contributed by atoms with Gasteiger partial charge in [-0.1, -0.05) is 12.1 Å². The van der Waals surface area contributed by atoms with Gasteiger partial charge in [-0.15, -0.1) is 0 Å². The molecular formula is C14H21FN2OS. The minimum Gasteiger partial charge on any atom is -0.494 e. The molecule has 106 valence electrons. The fraction of sp³-hybridized carbons (Fsp3) is 0.571. The van der Waals surface area contributed by atoms with Crippen molar-refractivity contribution in [2.75, 3.05) is 44.8 Å². The Bertz CT molecular complexity index is 397. The Morgan fingerprint density at radius 1 is 1.37 bits per heavy atom. The third kappa shape index (κ3) is 4.37. The normalized spacial score (nSPS) is 16.5. The van der Waals surface area contributed by atoms with Crippen LogP contribution in [0.2, 0.25) is 0 Å². The number of nitrogens with zero attached hydrogens (tertiary/aromatic N) is 1. The summed E-state index contributed by atoms with van der Waals surface area (Å²) in [6, 6.07) is 5.26. The smallest absolute Gasteiger partial charge is 0.169 e. The first-order chi connectivity index (χ1) is 9.31. The maximum absolute atomic E-state index is 13.9. The molecule has 1 aliphatic rings. The van der Waals surface area contributed by atoms with Crippen molar-refractivity contribution in [2.45, 2.75) is 6.54 Å². The average molecular weight is 284 g/mol. The van der Waals surface area contributed by atoms with Crippen molar-refractivity contribution in [3.63, 3.8) is 0 Å². The molecule has 0 unspecified atom stereocenters. The predicted octanol–water partition coefficient (Wildman–Crippen LogP) is 1.97. The van der Waals surface area contributed by atoms with E-state index in [4.69, 9.17) is 4.74 Å². The van der Waals surface area contributed by atoms with Crippen LogP contribution in [0.4, 0.5) is 4.39 Å². The molecule has 1 fully saturated rings. The van der Waals surface area contributed by atoms with Gasteiger partial charge >= 0.3 is 0 Å². The van der Waals surface area contributed by atoms with Crippen molar-refractivity contribution in [3.8, 4) is 5.75 Å². The Balaban J connectivity index is 1.73. The maximum atomic E-state index is 13.9. The highest BCUT2D eigenvalue weighted by molar-refractivity contribution is 7.99. The summed E-state index contributed by atoms with van der Waals surface area (Å²) < 4.78 is 18.9. The quantitative estimate of drug-likeness (QED) is 0.807. The summed E-state index contributed by atoms with van der Waals surface area (Å²) >= 11 is 2.02. The van der Waals surface area contributed by atoms with Crippen LogP contribution in [0.15, 0.2) is 18.2 Å². The molecule has 5 heteroatoms. The average Bonchev–Trinajstić information content (AvgIpc) is 2.46. The number of benzene rings is 1. The highest BCUT2D eigenvalue weighted by Crippen LogP contribution is 2.19. The van der Waals surface area contributed by atoms with E-state index in [2.05, 4.69) is 10.2 Å². The lowest BCUT2D eigenvalue weighted by molar-refractivity contribution is 0.300. The van der Waals surface area contributed by atoms with Crippen molar-refractivity contribution in [1.29, 1.82) is 0 Å². The minimum absolute atomic E-state index is 0.258. The molecular weight excluding hydrogens is 263 g/mol. The van der Waals surface area contributed by atoms with E-state index in [1.54, 1.807) is 12.1 Å². The summed E-state index contributed by atoms with van der Waals surface area (Å²) in [4.78, 5) is 2.45. The number of thioether (sulfide) groups is 1. The second-order valence-corrected chi connectivity index (χ2v) is 5.79. The molecule has 1 saturated heterocycles. The lowest BCUT2D eigenvalue weighted by atomic mass is 10.2. The van der Waals surface area contributed by atoms with Crippen LogP contribution in [-0.2, 0) is 6.54 Å². The number of halogens is 1. The number of hydrogen-bond donors (Lipinski definition) is 1. The molecule has 3 nitrogen and oxygen atoms in total. The van der Waals surface area contributed by atoms with Crippen molar-refractivity contribution in [1.82, 2.24) is 10.2 Å². The Kier molecular flexibility index (Phi) is 5.94.